The molecule has 7 heteroatoms. The van der Waals surface area contributed by atoms with Crippen LogP contribution in [0.5, 0.6) is 0 Å². The lowest BCUT2D eigenvalue weighted by Gasteiger charge is -2.18. The Balaban J connectivity index is 2.41. The molecule has 0 N–H and O–H groups in total. The summed E-state index contributed by atoms with van der Waals surface area (Å²) in [5.41, 5.74) is 1.94. The summed E-state index contributed by atoms with van der Waals surface area (Å²) in [7, 11) is 0. The van der Waals surface area contributed by atoms with Crippen molar-refractivity contribution in [2.75, 3.05) is 26.4 Å². The van der Waals surface area contributed by atoms with Crippen molar-refractivity contribution in [1.82, 2.24) is 0 Å². The predicted molar refractivity (Wildman–Crippen MR) is 103 cm³/mol. The summed E-state index contributed by atoms with van der Waals surface area (Å²) in [6.07, 6.45) is -0.819. The third kappa shape index (κ3) is 8.64. The first-order valence-electron chi connectivity index (χ1n) is 8.71. The molecule has 0 bridgehead atoms. The smallest absolute Gasteiger partial charge is 0.338 e. The highest BCUT2D eigenvalue weighted by Crippen LogP contribution is 2.06. The van der Waals surface area contributed by atoms with Crippen LogP contribution < -0.4 is 0 Å². The van der Waals surface area contributed by atoms with Crippen LogP contribution in [0.2, 0.25) is 0 Å². The molecule has 1 aromatic rings. The van der Waals surface area contributed by atoms with Crippen LogP contribution in [0, 0.1) is 6.92 Å². The van der Waals surface area contributed by atoms with E-state index >= 15 is 0 Å². The van der Waals surface area contributed by atoms with Gasteiger partial charge in [0.1, 0.15) is 13.2 Å². The Morgan fingerprint density at radius 3 is 2.07 bits per heavy atom. The highest BCUT2D eigenvalue weighted by molar-refractivity contribution is 5.89. The maximum Gasteiger partial charge on any atom is 0.338 e. The number of hydrogen-bond donors (Lipinski definition) is 0. The van der Waals surface area contributed by atoms with E-state index in [1.54, 1.807) is 12.1 Å². The summed E-state index contributed by atoms with van der Waals surface area (Å²) >= 11 is 0. The standard InChI is InChI=1S/C21H26O7/c1-14(2)19(22)27-13-18(28-20(23)15(3)4)12-25-10-11-26-21(24)17-8-6-16(5)7-9-17/h6-9,18H,1,3,10-13H2,2,4-5H3. The van der Waals surface area contributed by atoms with Gasteiger partial charge in [0.15, 0.2) is 6.10 Å². The van der Waals surface area contributed by atoms with Gasteiger partial charge in [0, 0.05) is 11.1 Å². The Morgan fingerprint density at radius 1 is 0.893 bits per heavy atom. The van der Waals surface area contributed by atoms with Crippen LogP contribution in [-0.4, -0.2) is 50.4 Å². The van der Waals surface area contributed by atoms with Crippen molar-refractivity contribution in [3.8, 4) is 0 Å². The van der Waals surface area contributed by atoms with Crippen molar-refractivity contribution in [3.05, 3.63) is 59.7 Å². The van der Waals surface area contributed by atoms with Crippen molar-refractivity contribution < 1.29 is 33.3 Å². The van der Waals surface area contributed by atoms with Gasteiger partial charge >= 0.3 is 17.9 Å². The molecule has 0 fully saturated rings. The van der Waals surface area contributed by atoms with Crippen molar-refractivity contribution in [1.29, 1.82) is 0 Å². The van der Waals surface area contributed by atoms with Crippen LogP contribution in [0.15, 0.2) is 48.6 Å². The van der Waals surface area contributed by atoms with E-state index in [9.17, 15) is 14.4 Å². The van der Waals surface area contributed by atoms with E-state index in [4.69, 9.17) is 18.9 Å². The first-order valence-corrected chi connectivity index (χ1v) is 8.71. The van der Waals surface area contributed by atoms with Gasteiger partial charge in [0.2, 0.25) is 0 Å². The van der Waals surface area contributed by atoms with Gasteiger partial charge < -0.3 is 18.9 Å². The Hall–Kier alpha value is -2.93. The topological polar surface area (TPSA) is 88.1 Å². The van der Waals surface area contributed by atoms with E-state index in [0.29, 0.717) is 5.56 Å². The molecule has 0 radical (unpaired) electrons. The second-order valence-corrected chi connectivity index (χ2v) is 6.26. The zero-order valence-electron chi connectivity index (χ0n) is 16.5. The Morgan fingerprint density at radius 2 is 1.50 bits per heavy atom. The average molecular weight is 390 g/mol. The summed E-state index contributed by atoms with van der Waals surface area (Å²) in [5, 5.41) is 0. The van der Waals surface area contributed by atoms with Crippen molar-refractivity contribution in [2.24, 2.45) is 0 Å². The van der Waals surface area contributed by atoms with Gasteiger partial charge in [-0.1, -0.05) is 30.9 Å². The predicted octanol–water partition coefficient (Wildman–Crippen LogP) is 2.78. The number of hydrogen-bond acceptors (Lipinski definition) is 7. The third-order valence-corrected chi connectivity index (χ3v) is 3.42. The molecule has 0 saturated carbocycles. The monoisotopic (exact) mass is 390 g/mol. The largest absolute Gasteiger partial charge is 0.460 e. The van der Waals surface area contributed by atoms with Gasteiger partial charge in [-0.15, -0.1) is 0 Å². The van der Waals surface area contributed by atoms with Gasteiger partial charge in [-0.2, -0.15) is 0 Å². The fourth-order valence-electron chi connectivity index (χ4n) is 1.84. The van der Waals surface area contributed by atoms with Crippen LogP contribution in [0.3, 0.4) is 0 Å². The van der Waals surface area contributed by atoms with Crippen LogP contribution in [0.4, 0.5) is 0 Å². The number of esters is 3. The molecule has 152 valence electrons. The minimum atomic E-state index is -0.819. The summed E-state index contributed by atoms with van der Waals surface area (Å²) in [5.74, 6) is -1.67. The van der Waals surface area contributed by atoms with Gasteiger partial charge in [-0.25, -0.2) is 14.4 Å². The number of rotatable bonds is 11. The molecule has 1 atom stereocenters. The van der Waals surface area contributed by atoms with E-state index < -0.39 is 24.0 Å². The second-order valence-electron chi connectivity index (χ2n) is 6.26. The molecule has 1 unspecified atom stereocenters. The van der Waals surface area contributed by atoms with Gasteiger partial charge in [-0.05, 0) is 32.9 Å². The molecule has 0 amide bonds. The van der Waals surface area contributed by atoms with Crippen molar-refractivity contribution in [2.45, 2.75) is 26.9 Å². The number of benzene rings is 1. The maximum absolute atomic E-state index is 11.9. The number of carbonyl (C=O) groups is 3. The molecule has 1 aromatic carbocycles. The first kappa shape index (κ1) is 23.1. The quantitative estimate of drug-likeness (QED) is 0.248. The molecular formula is C21H26O7. The van der Waals surface area contributed by atoms with Gasteiger partial charge in [-0.3, -0.25) is 0 Å². The third-order valence-electron chi connectivity index (χ3n) is 3.42. The lowest BCUT2D eigenvalue weighted by atomic mass is 10.1. The highest BCUT2D eigenvalue weighted by Gasteiger charge is 2.18. The summed E-state index contributed by atoms with van der Waals surface area (Å²) in [6.45, 7) is 11.8. The van der Waals surface area contributed by atoms with Crippen LogP contribution >= 0.6 is 0 Å². The lowest BCUT2D eigenvalue weighted by molar-refractivity contribution is -0.157. The Bertz CT molecular complexity index is 719. The molecule has 28 heavy (non-hydrogen) atoms. The van der Waals surface area contributed by atoms with E-state index in [1.807, 2.05) is 19.1 Å². The van der Waals surface area contributed by atoms with Crippen molar-refractivity contribution >= 4 is 17.9 Å². The fourth-order valence-corrected chi connectivity index (χ4v) is 1.84. The number of carbonyl (C=O) groups excluding carboxylic acids is 3. The number of ether oxygens (including phenoxy) is 4. The van der Waals surface area contributed by atoms with Gasteiger partial charge in [0.05, 0.1) is 18.8 Å². The zero-order valence-corrected chi connectivity index (χ0v) is 16.5. The molecule has 0 aromatic heterocycles. The zero-order chi connectivity index (χ0) is 21.1. The molecule has 0 saturated heterocycles. The average Bonchev–Trinajstić information content (AvgIpc) is 2.65. The summed E-state index contributed by atoms with van der Waals surface area (Å²) < 4.78 is 20.7. The molecule has 0 aliphatic carbocycles. The SMILES string of the molecule is C=C(C)C(=O)OCC(COCCOC(=O)c1ccc(C)cc1)OC(=O)C(=C)C. The van der Waals surface area contributed by atoms with Crippen LogP contribution in [0.25, 0.3) is 0 Å². The normalized spacial score (nSPS) is 11.2. The summed E-state index contributed by atoms with van der Waals surface area (Å²) in [4.78, 5) is 35.1. The minimum Gasteiger partial charge on any atom is -0.460 e. The molecule has 1 rings (SSSR count). The van der Waals surface area contributed by atoms with E-state index in [0.717, 1.165) is 5.56 Å². The highest BCUT2D eigenvalue weighted by atomic mass is 16.6. The Kier molecular flexibility index (Phi) is 9.67. The molecule has 0 heterocycles. The van der Waals surface area contributed by atoms with Crippen LogP contribution in [0.1, 0.15) is 29.8 Å². The van der Waals surface area contributed by atoms with Gasteiger partial charge in [0.25, 0.3) is 0 Å². The Labute approximate surface area is 164 Å². The second kappa shape index (κ2) is 11.7. The molecule has 0 aliphatic rings. The lowest BCUT2D eigenvalue weighted by Crippen LogP contribution is -2.30. The van der Waals surface area contributed by atoms with Crippen molar-refractivity contribution in [3.63, 3.8) is 0 Å². The summed E-state index contributed by atoms with van der Waals surface area (Å²) in [6, 6.07) is 7.00. The molecule has 7 nitrogen and oxygen atoms in total. The first-order chi connectivity index (χ1) is 13.2. The maximum atomic E-state index is 11.9. The number of aryl methyl sites for hydroxylation is 1. The van der Waals surface area contributed by atoms with E-state index in [-0.39, 0.29) is 37.6 Å². The molecule has 0 aliphatic heterocycles. The van der Waals surface area contributed by atoms with Crippen LogP contribution in [-0.2, 0) is 28.5 Å². The molecular weight excluding hydrogens is 364 g/mol. The molecule has 0 spiro atoms. The van der Waals surface area contributed by atoms with E-state index in [1.165, 1.54) is 13.8 Å². The minimum absolute atomic E-state index is 0.0272. The van der Waals surface area contributed by atoms with E-state index in [2.05, 4.69) is 13.2 Å². The fraction of sp³-hybridized carbons (Fsp3) is 0.381.